The van der Waals surface area contributed by atoms with Crippen LogP contribution in [0.15, 0.2) is 36.9 Å². The van der Waals surface area contributed by atoms with E-state index in [2.05, 4.69) is 42.3 Å². The normalized spacial score (nSPS) is 10.9. The van der Waals surface area contributed by atoms with Gasteiger partial charge in [-0.2, -0.15) is 0 Å². The minimum absolute atomic E-state index is 0.114. The highest BCUT2D eigenvalue weighted by atomic mass is 16.1. The molecule has 1 aromatic rings. The molecule has 0 unspecified atom stereocenters. The molecule has 0 radical (unpaired) electrons. The molecule has 1 rings (SSSR count). The number of carbonyl (C=O) groups excluding carboxylic acids is 1. The van der Waals surface area contributed by atoms with E-state index in [1.54, 1.807) is 0 Å². The van der Waals surface area contributed by atoms with Crippen molar-refractivity contribution in [2.75, 3.05) is 11.9 Å². The number of anilines is 1. The summed E-state index contributed by atoms with van der Waals surface area (Å²) >= 11 is 0. The van der Waals surface area contributed by atoms with E-state index in [9.17, 15) is 4.79 Å². The van der Waals surface area contributed by atoms with Gasteiger partial charge in [0.05, 0.1) is 0 Å². The van der Waals surface area contributed by atoms with E-state index in [-0.39, 0.29) is 11.4 Å². The summed E-state index contributed by atoms with van der Waals surface area (Å²) in [4.78, 5) is 11.3. The molecule has 0 aliphatic heterocycles. The van der Waals surface area contributed by atoms with E-state index in [0.29, 0.717) is 0 Å². The zero-order valence-electron chi connectivity index (χ0n) is 12.1. The largest absolute Gasteiger partial charge is 0.385 e. The van der Waals surface area contributed by atoms with E-state index in [1.807, 2.05) is 19.9 Å². The predicted molar refractivity (Wildman–Crippen MR) is 81.3 cm³/mol. The molecule has 19 heavy (non-hydrogen) atoms. The summed E-state index contributed by atoms with van der Waals surface area (Å²) in [5, 5.41) is 6.32. The monoisotopic (exact) mass is 260 g/mol. The van der Waals surface area contributed by atoms with Gasteiger partial charge in [0.25, 0.3) is 0 Å². The molecule has 1 aromatic carbocycles. The molecule has 0 spiro atoms. The average molecular weight is 260 g/mol. The molecule has 3 heteroatoms. The summed E-state index contributed by atoms with van der Waals surface area (Å²) in [6.07, 6.45) is 3.23. The molecular weight excluding hydrogens is 236 g/mol. The summed E-state index contributed by atoms with van der Waals surface area (Å²) < 4.78 is 0. The number of rotatable bonds is 7. The van der Waals surface area contributed by atoms with Gasteiger partial charge >= 0.3 is 0 Å². The van der Waals surface area contributed by atoms with Crippen molar-refractivity contribution in [1.29, 1.82) is 0 Å². The van der Waals surface area contributed by atoms with Crippen LogP contribution in [-0.2, 0) is 4.79 Å². The van der Waals surface area contributed by atoms with Gasteiger partial charge in [-0.15, -0.1) is 0 Å². The molecule has 0 aliphatic rings. The third kappa shape index (κ3) is 6.09. The number of hydrogen-bond donors (Lipinski definition) is 2. The number of aryl methyl sites for hydroxylation is 1. The fourth-order valence-corrected chi connectivity index (χ4v) is 1.97. The standard InChI is InChI=1S/C16H24N2O/c1-5-15(19)18-16(3,4)10-7-11-17-14-9-6-8-13(2)12-14/h5-6,8-9,12,17H,1,7,10-11H2,2-4H3,(H,18,19). The van der Waals surface area contributed by atoms with Crippen LogP contribution < -0.4 is 10.6 Å². The Hall–Kier alpha value is -1.77. The van der Waals surface area contributed by atoms with Crippen molar-refractivity contribution < 1.29 is 4.79 Å². The first-order chi connectivity index (χ1) is 8.93. The van der Waals surface area contributed by atoms with Gasteiger partial charge in [0.15, 0.2) is 0 Å². The molecule has 2 N–H and O–H groups in total. The Bertz CT molecular complexity index is 438. The fourth-order valence-electron chi connectivity index (χ4n) is 1.97. The first kappa shape index (κ1) is 15.3. The van der Waals surface area contributed by atoms with Gasteiger partial charge in [0.2, 0.25) is 5.91 Å². The van der Waals surface area contributed by atoms with E-state index in [4.69, 9.17) is 0 Å². The zero-order valence-corrected chi connectivity index (χ0v) is 12.1. The number of amides is 1. The summed E-state index contributed by atoms with van der Waals surface area (Å²) in [6, 6.07) is 8.33. The number of carbonyl (C=O) groups is 1. The number of benzene rings is 1. The highest BCUT2D eigenvalue weighted by Crippen LogP contribution is 2.13. The maximum Gasteiger partial charge on any atom is 0.243 e. The second-order valence-corrected chi connectivity index (χ2v) is 5.48. The second kappa shape index (κ2) is 6.98. The lowest BCUT2D eigenvalue weighted by molar-refractivity contribution is -0.118. The lowest BCUT2D eigenvalue weighted by atomic mass is 9.98. The SMILES string of the molecule is C=CC(=O)NC(C)(C)CCCNc1cccc(C)c1. The van der Waals surface area contributed by atoms with Crippen molar-refractivity contribution in [3.63, 3.8) is 0 Å². The molecule has 0 aliphatic carbocycles. The molecule has 0 saturated carbocycles. The molecule has 0 heterocycles. The maximum atomic E-state index is 11.3. The van der Waals surface area contributed by atoms with Gasteiger partial charge < -0.3 is 10.6 Å². The Labute approximate surface area is 116 Å². The smallest absolute Gasteiger partial charge is 0.243 e. The Kier molecular flexibility index (Phi) is 5.61. The lowest BCUT2D eigenvalue weighted by Crippen LogP contribution is -2.42. The van der Waals surface area contributed by atoms with Gasteiger partial charge in [0, 0.05) is 17.8 Å². The first-order valence-electron chi connectivity index (χ1n) is 6.68. The predicted octanol–water partition coefficient (Wildman–Crippen LogP) is 3.27. The van der Waals surface area contributed by atoms with Crippen LogP contribution in [0.25, 0.3) is 0 Å². The Morgan fingerprint density at radius 3 is 2.79 bits per heavy atom. The van der Waals surface area contributed by atoms with E-state index >= 15 is 0 Å². The molecule has 0 saturated heterocycles. The number of hydrogen-bond acceptors (Lipinski definition) is 2. The average Bonchev–Trinajstić information content (AvgIpc) is 2.34. The first-order valence-corrected chi connectivity index (χ1v) is 6.68. The second-order valence-electron chi connectivity index (χ2n) is 5.48. The Balaban J connectivity index is 2.30. The molecule has 0 bridgehead atoms. The summed E-state index contributed by atoms with van der Waals surface area (Å²) in [6.45, 7) is 10.5. The quantitative estimate of drug-likeness (QED) is 0.583. The van der Waals surface area contributed by atoms with Crippen LogP contribution in [-0.4, -0.2) is 18.0 Å². The van der Waals surface area contributed by atoms with Gasteiger partial charge in [-0.25, -0.2) is 0 Å². The Morgan fingerprint density at radius 1 is 1.42 bits per heavy atom. The molecule has 0 aromatic heterocycles. The van der Waals surface area contributed by atoms with Crippen LogP contribution in [0.1, 0.15) is 32.3 Å². The van der Waals surface area contributed by atoms with Crippen molar-refractivity contribution in [2.24, 2.45) is 0 Å². The van der Waals surface area contributed by atoms with Gasteiger partial charge in [-0.05, 0) is 57.4 Å². The summed E-state index contributed by atoms with van der Waals surface area (Å²) in [7, 11) is 0. The van der Waals surface area contributed by atoms with E-state index < -0.39 is 0 Å². The van der Waals surface area contributed by atoms with Crippen molar-refractivity contribution >= 4 is 11.6 Å². The molecule has 3 nitrogen and oxygen atoms in total. The van der Waals surface area contributed by atoms with Crippen molar-refractivity contribution in [3.8, 4) is 0 Å². The van der Waals surface area contributed by atoms with Gasteiger partial charge in [-0.1, -0.05) is 18.7 Å². The highest BCUT2D eigenvalue weighted by Gasteiger charge is 2.18. The number of nitrogens with one attached hydrogen (secondary N) is 2. The van der Waals surface area contributed by atoms with Crippen LogP contribution in [0.4, 0.5) is 5.69 Å². The topological polar surface area (TPSA) is 41.1 Å². The van der Waals surface area contributed by atoms with Crippen LogP contribution in [0, 0.1) is 6.92 Å². The van der Waals surface area contributed by atoms with Crippen molar-refractivity contribution in [3.05, 3.63) is 42.5 Å². The van der Waals surface area contributed by atoms with Crippen LogP contribution in [0.5, 0.6) is 0 Å². The third-order valence-corrected chi connectivity index (χ3v) is 2.97. The summed E-state index contributed by atoms with van der Waals surface area (Å²) in [5.41, 5.74) is 2.20. The highest BCUT2D eigenvalue weighted by molar-refractivity contribution is 5.87. The minimum atomic E-state index is -0.195. The van der Waals surface area contributed by atoms with E-state index in [0.717, 1.165) is 25.1 Å². The van der Waals surface area contributed by atoms with Crippen LogP contribution in [0.2, 0.25) is 0 Å². The zero-order chi connectivity index (χ0) is 14.3. The summed E-state index contributed by atoms with van der Waals surface area (Å²) in [5.74, 6) is -0.114. The minimum Gasteiger partial charge on any atom is -0.385 e. The third-order valence-electron chi connectivity index (χ3n) is 2.97. The molecular formula is C16H24N2O. The fraction of sp³-hybridized carbons (Fsp3) is 0.438. The maximum absolute atomic E-state index is 11.3. The van der Waals surface area contributed by atoms with Crippen LogP contribution >= 0.6 is 0 Å². The molecule has 104 valence electrons. The van der Waals surface area contributed by atoms with Crippen LogP contribution in [0.3, 0.4) is 0 Å². The van der Waals surface area contributed by atoms with Gasteiger partial charge in [-0.3, -0.25) is 4.79 Å². The Morgan fingerprint density at radius 2 is 2.16 bits per heavy atom. The van der Waals surface area contributed by atoms with E-state index in [1.165, 1.54) is 11.6 Å². The van der Waals surface area contributed by atoms with Crippen molar-refractivity contribution in [2.45, 2.75) is 39.2 Å². The molecule has 0 fully saturated rings. The molecule has 0 atom stereocenters. The van der Waals surface area contributed by atoms with Gasteiger partial charge in [0.1, 0.15) is 0 Å². The lowest BCUT2D eigenvalue weighted by Gasteiger charge is -2.25. The van der Waals surface area contributed by atoms with Crippen molar-refractivity contribution in [1.82, 2.24) is 5.32 Å². The molecule has 1 amide bonds.